The van der Waals surface area contributed by atoms with E-state index in [4.69, 9.17) is 4.74 Å². The first-order chi connectivity index (χ1) is 8.97. The summed E-state index contributed by atoms with van der Waals surface area (Å²) in [4.78, 5) is 0. The maximum atomic E-state index is 9.85. The van der Waals surface area contributed by atoms with Crippen molar-refractivity contribution >= 4 is 15.9 Å². The molecule has 2 rings (SSSR count). The fourth-order valence-electron chi connectivity index (χ4n) is 2.74. The van der Waals surface area contributed by atoms with Crippen LogP contribution in [0.3, 0.4) is 0 Å². The van der Waals surface area contributed by atoms with Crippen LogP contribution in [0.25, 0.3) is 0 Å². The van der Waals surface area contributed by atoms with Crippen molar-refractivity contribution in [3.05, 3.63) is 28.2 Å². The number of aliphatic hydroxyl groups excluding tert-OH is 1. The summed E-state index contributed by atoms with van der Waals surface area (Å²) in [5.74, 6) is 2.33. The van der Waals surface area contributed by atoms with E-state index in [1.807, 2.05) is 18.2 Å². The number of rotatable bonds is 3. The van der Waals surface area contributed by atoms with Crippen molar-refractivity contribution in [1.82, 2.24) is 0 Å². The van der Waals surface area contributed by atoms with Gasteiger partial charge in [0.25, 0.3) is 0 Å². The summed E-state index contributed by atoms with van der Waals surface area (Å²) in [5, 5.41) is 9.85. The number of hydrogen-bond donors (Lipinski definition) is 1. The Balaban J connectivity index is 2.11. The maximum absolute atomic E-state index is 9.85. The second-order valence-corrected chi connectivity index (χ2v) is 6.78. The molecule has 0 amide bonds. The summed E-state index contributed by atoms with van der Waals surface area (Å²) in [6.07, 6.45) is 3.22. The topological polar surface area (TPSA) is 29.5 Å². The fourth-order valence-corrected chi connectivity index (χ4v) is 3.12. The van der Waals surface area contributed by atoms with Gasteiger partial charge in [0.05, 0.1) is 12.2 Å². The maximum Gasteiger partial charge on any atom is 0.125 e. The van der Waals surface area contributed by atoms with E-state index < -0.39 is 6.10 Å². The van der Waals surface area contributed by atoms with Gasteiger partial charge < -0.3 is 9.84 Å². The Morgan fingerprint density at radius 2 is 2.00 bits per heavy atom. The Labute approximate surface area is 124 Å². The average Bonchev–Trinajstić information content (AvgIpc) is 2.36. The van der Waals surface area contributed by atoms with Gasteiger partial charge >= 0.3 is 0 Å². The second kappa shape index (κ2) is 6.27. The first-order valence-electron chi connectivity index (χ1n) is 7.11. The molecule has 1 aliphatic carbocycles. The smallest absolute Gasteiger partial charge is 0.125 e. The van der Waals surface area contributed by atoms with Gasteiger partial charge in [0, 0.05) is 10.0 Å². The van der Waals surface area contributed by atoms with Crippen molar-refractivity contribution in [3.63, 3.8) is 0 Å². The van der Waals surface area contributed by atoms with Crippen molar-refractivity contribution in [2.75, 3.05) is 0 Å². The van der Waals surface area contributed by atoms with Gasteiger partial charge in [-0.2, -0.15) is 0 Å². The molecule has 1 N–H and O–H groups in total. The molecule has 1 aromatic carbocycles. The first kappa shape index (κ1) is 14.9. The van der Waals surface area contributed by atoms with Crippen LogP contribution in [0.5, 0.6) is 5.75 Å². The van der Waals surface area contributed by atoms with Crippen LogP contribution >= 0.6 is 15.9 Å². The van der Waals surface area contributed by atoms with Crippen molar-refractivity contribution in [2.45, 2.75) is 52.2 Å². The minimum absolute atomic E-state index is 0.282. The predicted octanol–water partition coefficient (Wildman–Crippen LogP) is 4.71. The zero-order valence-electron chi connectivity index (χ0n) is 11.9. The number of benzene rings is 1. The molecule has 0 aromatic heterocycles. The number of halogens is 1. The van der Waals surface area contributed by atoms with E-state index in [9.17, 15) is 5.11 Å². The molecule has 0 heterocycles. The Hall–Kier alpha value is -0.540. The van der Waals surface area contributed by atoms with Crippen LogP contribution in [0.2, 0.25) is 0 Å². The summed E-state index contributed by atoms with van der Waals surface area (Å²) in [6.45, 7) is 6.40. The van der Waals surface area contributed by atoms with Crippen LogP contribution in [0, 0.1) is 11.8 Å². The molecule has 4 atom stereocenters. The van der Waals surface area contributed by atoms with Crippen molar-refractivity contribution in [2.24, 2.45) is 11.8 Å². The van der Waals surface area contributed by atoms with Crippen LogP contribution in [-0.4, -0.2) is 11.2 Å². The highest BCUT2D eigenvalue weighted by molar-refractivity contribution is 9.10. The first-order valence-corrected chi connectivity index (χ1v) is 7.91. The normalized spacial score (nSPS) is 29.0. The van der Waals surface area contributed by atoms with E-state index in [1.165, 1.54) is 6.42 Å². The third kappa shape index (κ3) is 3.73. The van der Waals surface area contributed by atoms with Gasteiger partial charge in [-0.1, -0.05) is 29.8 Å². The van der Waals surface area contributed by atoms with Crippen LogP contribution in [-0.2, 0) is 0 Å². The highest BCUT2D eigenvalue weighted by Gasteiger charge is 2.26. The summed E-state index contributed by atoms with van der Waals surface area (Å²) >= 11 is 3.44. The van der Waals surface area contributed by atoms with Crippen molar-refractivity contribution in [3.8, 4) is 5.75 Å². The van der Waals surface area contributed by atoms with Gasteiger partial charge in [0.1, 0.15) is 5.75 Å². The van der Waals surface area contributed by atoms with Crippen molar-refractivity contribution in [1.29, 1.82) is 0 Å². The molecular weight excluding hydrogens is 304 g/mol. The summed E-state index contributed by atoms with van der Waals surface area (Å²) in [5.41, 5.74) is 0.862. The molecule has 0 saturated heterocycles. The SMILES string of the molecule is CC(O)c1cc(Br)ccc1OC1CCC(C)C(C)C1. The molecule has 2 nitrogen and oxygen atoms in total. The standard InChI is InChI=1S/C16H23BrO2/c1-10-4-6-14(8-11(10)2)19-16-7-5-13(17)9-15(16)12(3)18/h5,7,9-12,14,18H,4,6,8H2,1-3H3. The number of ether oxygens (including phenoxy) is 1. The van der Waals surface area contributed by atoms with Gasteiger partial charge in [-0.25, -0.2) is 0 Å². The minimum atomic E-state index is -0.507. The molecule has 19 heavy (non-hydrogen) atoms. The van der Waals surface area contributed by atoms with E-state index in [-0.39, 0.29) is 6.10 Å². The predicted molar refractivity (Wildman–Crippen MR) is 81.4 cm³/mol. The van der Waals surface area contributed by atoms with Gasteiger partial charge in [-0.15, -0.1) is 0 Å². The van der Waals surface area contributed by atoms with E-state index in [1.54, 1.807) is 6.92 Å². The third-order valence-electron chi connectivity index (χ3n) is 4.27. The Bertz CT molecular complexity index is 431. The molecule has 1 aromatic rings. The molecule has 3 heteroatoms. The largest absolute Gasteiger partial charge is 0.490 e. The summed E-state index contributed by atoms with van der Waals surface area (Å²) in [6, 6.07) is 5.86. The zero-order chi connectivity index (χ0) is 14.0. The minimum Gasteiger partial charge on any atom is -0.490 e. The summed E-state index contributed by atoms with van der Waals surface area (Å²) < 4.78 is 7.11. The van der Waals surface area contributed by atoms with Crippen LogP contribution in [0.15, 0.2) is 22.7 Å². The lowest BCUT2D eigenvalue weighted by atomic mass is 9.80. The van der Waals surface area contributed by atoms with Gasteiger partial charge in [0.2, 0.25) is 0 Å². The molecule has 4 unspecified atom stereocenters. The van der Waals surface area contributed by atoms with Gasteiger partial charge in [-0.3, -0.25) is 0 Å². The van der Waals surface area contributed by atoms with Crippen LogP contribution in [0.1, 0.15) is 51.7 Å². The van der Waals surface area contributed by atoms with E-state index in [0.717, 1.165) is 34.5 Å². The molecule has 106 valence electrons. The molecule has 0 bridgehead atoms. The highest BCUT2D eigenvalue weighted by Crippen LogP contribution is 2.35. The quantitative estimate of drug-likeness (QED) is 0.871. The van der Waals surface area contributed by atoms with E-state index >= 15 is 0 Å². The molecule has 0 radical (unpaired) electrons. The monoisotopic (exact) mass is 326 g/mol. The molecular formula is C16H23BrO2. The Morgan fingerprint density at radius 1 is 1.26 bits per heavy atom. The summed E-state index contributed by atoms with van der Waals surface area (Å²) in [7, 11) is 0. The molecule has 1 saturated carbocycles. The Kier molecular flexibility index (Phi) is 4.91. The lowest BCUT2D eigenvalue weighted by Gasteiger charge is -2.32. The highest BCUT2D eigenvalue weighted by atomic mass is 79.9. The van der Waals surface area contributed by atoms with E-state index in [2.05, 4.69) is 29.8 Å². The molecule has 1 aliphatic rings. The Morgan fingerprint density at radius 3 is 2.63 bits per heavy atom. The number of aliphatic hydroxyl groups is 1. The third-order valence-corrected chi connectivity index (χ3v) is 4.76. The molecule has 1 fully saturated rings. The van der Waals surface area contributed by atoms with E-state index in [0.29, 0.717) is 5.92 Å². The second-order valence-electron chi connectivity index (χ2n) is 5.87. The zero-order valence-corrected chi connectivity index (χ0v) is 13.5. The lowest BCUT2D eigenvalue weighted by molar-refractivity contribution is 0.0957. The van der Waals surface area contributed by atoms with Gasteiger partial charge in [0.15, 0.2) is 0 Å². The fraction of sp³-hybridized carbons (Fsp3) is 0.625. The van der Waals surface area contributed by atoms with Gasteiger partial charge in [-0.05, 0) is 56.2 Å². The molecule has 0 aliphatic heterocycles. The molecule has 0 spiro atoms. The van der Waals surface area contributed by atoms with Crippen LogP contribution < -0.4 is 4.74 Å². The lowest BCUT2D eigenvalue weighted by Crippen LogP contribution is -2.29. The van der Waals surface area contributed by atoms with Crippen molar-refractivity contribution < 1.29 is 9.84 Å². The number of hydrogen-bond acceptors (Lipinski definition) is 2. The average molecular weight is 327 g/mol. The van der Waals surface area contributed by atoms with Crippen LogP contribution in [0.4, 0.5) is 0 Å².